The minimum atomic E-state index is -2.92. The van der Waals surface area contributed by atoms with Crippen LogP contribution in [0.25, 0.3) is 0 Å². The number of benzene rings is 3. The summed E-state index contributed by atoms with van der Waals surface area (Å²) in [4.78, 5) is 12.9. The van der Waals surface area contributed by atoms with E-state index in [1.54, 1.807) is 0 Å². The monoisotopic (exact) mass is 364 g/mol. The number of hydrogen-bond acceptors (Lipinski definition) is 2. The second-order valence-corrected chi connectivity index (χ2v) is 9.81. The minimum absolute atomic E-state index is 0.127. The van der Waals surface area contributed by atoms with E-state index in [4.69, 9.17) is 4.52 Å². The molecule has 0 bridgehead atoms. The molecule has 3 aromatic rings. The third-order valence-corrected chi connectivity index (χ3v) is 8.76. The van der Waals surface area contributed by atoms with Crippen LogP contribution in [0.4, 0.5) is 0 Å². The van der Waals surface area contributed by atoms with Crippen molar-refractivity contribution in [3.63, 3.8) is 0 Å². The Kier molecular flexibility index (Phi) is 5.85. The van der Waals surface area contributed by atoms with Crippen LogP contribution >= 0.6 is 7.49 Å². The fourth-order valence-corrected chi connectivity index (χ4v) is 6.96. The molecule has 0 saturated carbocycles. The number of carbonyl (C=O) groups is 1. The maximum absolute atomic E-state index is 12.9. The van der Waals surface area contributed by atoms with Gasteiger partial charge in [0.2, 0.25) is 0 Å². The van der Waals surface area contributed by atoms with Crippen molar-refractivity contribution >= 4 is 29.4 Å². The predicted octanol–water partition coefficient (Wildman–Crippen LogP) is 4.22. The summed E-state index contributed by atoms with van der Waals surface area (Å²) in [5.41, 5.74) is 0. The molecule has 0 amide bonds. The van der Waals surface area contributed by atoms with Crippen molar-refractivity contribution in [2.45, 2.75) is 20.3 Å². The fraction of sp³-hybridized carbons (Fsp3) is 0.174. The molecule has 0 aliphatic carbocycles. The van der Waals surface area contributed by atoms with Gasteiger partial charge in [0.25, 0.3) is 0 Å². The Labute approximate surface area is 156 Å². The molecule has 0 aromatic heterocycles. The molecule has 0 saturated heterocycles. The van der Waals surface area contributed by atoms with Crippen LogP contribution in [-0.4, -0.2) is 5.97 Å². The van der Waals surface area contributed by atoms with E-state index >= 15 is 0 Å². The van der Waals surface area contributed by atoms with Crippen LogP contribution in [0.3, 0.4) is 0 Å². The molecule has 1 unspecified atom stereocenters. The zero-order valence-corrected chi connectivity index (χ0v) is 16.3. The van der Waals surface area contributed by atoms with Crippen molar-refractivity contribution < 1.29 is 9.32 Å². The van der Waals surface area contributed by atoms with Gasteiger partial charge in [0.15, 0.2) is 0 Å². The van der Waals surface area contributed by atoms with Gasteiger partial charge in [-0.3, -0.25) is 0 Å². The molecule has 0 heterocycles. The summed E-state index contributed by atoms with van der Waals surface area (Å²) >= 11 is 0. The van der Waals surface area contributed by atoms with Crippen LogP contribution in [-0.2, 0) is 9.32 Å². The van der Waals surface area contributed by atoms with Gasteiger partial charge in [-0.25, -0.2) is 0 Å². The van der Waals surface area contributed by atoms with Gasteiger partial charge < -0.3 is 0 Å². The molecule has 2 nitrogen and oxygen atoms in total. The molecule has 134 valence electrons. The van der Waals surface area contributed by atoms with Crippen LogP contribution in [0, 0.1) is 5.92 Å². The number of rotatable bonds is 6. The van der Waals surface area contributed by atoms with Gasteiger partial charge in [0.05, 0.1) is 0 Å². The van der Waals surface area contributed by atoms with E-state index in [2.05, 4.69) is 36.4 Å². The Balaban J connectivity index is 2.26. The van der Waals surface area contributed by atoms with Gasteiger partial charge in [0, 0.05) is 0 Å². The molecule has 26 heavy (non-hydrogen) atoms. The van der Waals surface area contributed by atoms with E-state index < -0.39 is 7.49 Å². The standard InChI is InChI=1S/C23H25O2P/c1-3-19(2)23(24)25-26(20-13-7-4-8-14-20,21-15-9-5-10-16-21)22-17-11-6-12-18-22/h4-19,26H,3H2,1-2H3. The molecule has 0 spiro atoms. The van der Waals surface area contributed by atoms with Crippen molar-refractivity contribution in [1.82, 2.24) is 0 Å². The zero-order chi connectivity index (χ0) is 18.4. The van der Waals surface area contributed by atoms with Crippen molar-refractivity contribution in [3.05, 3.63) is 91.0 Å². The van der Waals surface area contributed by atoms with Gasteiger partial charge in [-0.1, -0.05) is 0 Å². The Hall–Kier alpha value is -2.44. The van der Waals surface area contributed by atoms with Crippen molar-refractivity contribution in [2.24, 2.45) is 5.92 Å². The fourth-order valence-electron chi connectivity index (χ4n) is 3.11. The van der Waals surface area contributed by atoms with E-state index in [0.717, 1.165) is 22.3 Å². The molecule has 0 fully saturated rings. The summed E-state index contributed by atoms with van der Waals surface area (Å²) in [6.45, 7) is 3.95. The zero-order valence-electron chi connectivity index (χ0n) is 15.3. The average molecular weight is 364 g/mol. The van der Waals surface area contributed by atoms with Gasteiger partial charge >= 0.3 is 156 Å². The Morgan fingerprint density at radius 1 is 0.769 bits per heavy atom. The van der Waals surface area contributed by atoms with Crippen molar-refractivity contribution in [3.8, 4) is 0 Å². The summed E-state index contributed by atoms with van der Waals surface area (Å²) in [5.74, 6) is -0.256. The van der Waals surface area contributed by atoms with E-state index in [-0.39, 0.29) is 11.9 Å². The molecule has 0 aliphatic rings. The second-order valence-electron chi connectivity index (χ2n) is 6.51. The Morgan fingerprint density at radius 3 is 1.42 bits per heavy atom. The summed E-state index contributed by atoms with van der Waals surface area (Å²) < 4.78 is 6.45. The summed E-state index contributed by atoms with van der Waals surface area (Å²) in [7, 11) is -2.92. The third kappa shape index (κ3) is 3.57. The normalized spacial score (nSPS) is 13.0. The molecule has 3 rings (SSSR count). The molecular formula is C23H25O2P. The van der Waals surface area contributed by atoms with Crippen LogP contribution in [0.2, 0.25) is 0 Å². The number of hydrogen-bond donors (Lipinski definition) is 0. The summed E-state index contributed by atoms with van der Waals surface area (Å²) in [5, 5.41) is 3.23. The number of carbonyl (C=O) groups excluding carboxylic acids is 1. The van der Waals surface area contributed by atoms with E-state index in [9.17, 15) is 4.79 Å². The maximum atomic E-state index is 12.9. The molecule has 1 atom stereocenters. The first-order chi connectivity index (χ1) is 12.7. The van der Waals surface area contributed by atoms with Crippen LogP contribution < -0.4 is 15.9 Å². The Bertz CT molecular complexity index is 735. The topological polar surface area (TPSA) is 26.3 Å². The third-order valence-electron chi connectivity index (χ3n) is 4.81. The predicted molar refractivity (Wildman–Crippen MR) is 112 cm³/mol. The summed E-state index contributed by atoms with van der Waals surface area (Å²) in [6.07, 6.45) is 0.766. The van der Waals surface area contributed by atoms with Gasteiger partial charge in [-0.05, 0) is 0 Å². The van der Waals surface area contributed by atoms with E-state index in [1.807, 2.05) is 68.4 Å². The van der Waals surface area contributed by atoms with Crippen LogP contribution in [0.1, 0.15) is 20.3 Å². The van der Waals surface area contributed by atoms with Gasteiger partial charge in [0.1, 0.15) is 0 Å². The molecule has 0 radical (unpaired) electrons. The SMILES string of the molecule is CCC(C)C(=O)O[PH](c1ccccc1)(c1ccccc1)c1ccccc1. The van der Waals surface area contributed by atoms with Crippen LogP contribution in [0.5, 0.6) is 0 Å². The molecule has 0 N–H and O–H groups in total. The molecule has 3 aromatic carbocycles. The summed E-state index contributed by atoms with van der Waals surface area (Å²) in [6, 6.07) is 30.5. The molecule has 3 heteroatoms. The first-order valence-corrected chi connectivity index (χ1v) is 11.0. The van der Waals surface area contributed by atoms with Crippen molar-refractivity contribution in [1.29, 1.82) is 0 Å². The second kappa shape index (κ2) is 8.29. The van der Waals surface area contributed by atoms with Gasteiger partial charge in [-0.2, -0.15) is 0 Å². The molecular weight excluding hydrogens is 339 g/mol. The van der Waals surface area contributed by atoms with Gasteiger partial charge in [-0.15, -0.1) is 0 Å². The Morgan fingerprint density at radius 2 is 1.12 bits per heavy atom. The quantitative estimate of drug-likeness (QED) is 0.612. The van der Waals surface area contributed by atoms with E-state index in [1.165, 1.54) is 0 Å². The first-order valence-electron chi connectivity index (χ1n) is 9.08. The average Bonchev–Trinajstić information content (AvgIpc) is 2.73. The van der Waals surface area contributed by atoms with Crippen LogP contribution in [0.15, 0.2) is 91.0 Å². The van der Waals surface area contributed by atoms with E-state index in [0.29, 0.717) is 0 Å². The first kappa shape index (κ1) is 18.4. The molecule has 0 aliphatic heterocycles. The van der Waals surface area contributed by atoms with Crippen molar-refractivity contribution in [2.75, 3.05) is 0 Å².